The van der Waals surface area contributed by atoms with Crippen molar-refractivity contribution in [2.75, 3.05) is 26.7 Å². The van der Waals surface area contributed by atoms with Gasteiger partial charge in [-0.1, -0.05) is 12.8 Å². The van der Waals surface area contributed by atoms with E-state index in [1.54, 1.807) is 7.05 Å². The van der Waals surface area contributed by atoms with Crippen molar-refractivity contribution in [1.29, 1.82) is 0 Å². The average Bonchev–Trinajstić information content (AvgIpc) is 2.36. The van der Waals surface area contributed by atoms with Crippen molar-refractivity contribution in [3.63, 3.8) is 0 Å². The molecular formula is C13H24N2O3. The summed E-state index contributed by atoms with van der Waals surface area (Å²) in [4.78, 5) is 24.0. The van der Waals surface area contributed by atoms with Gasteiger partial charge in [-0.05, 0) is 24.7 Å². The molecule has 2 amide bonds. The van der Waals surface area contributed by atoms with Crippen LogP contribution < -0.4 is 5.32 Å². The van der Waals surface area contributed by atoms with Crippen LogP contribution in [0.25, 0.3) is 0 Å². The Kier molecular flexibility index (Phi) is 6.12. The minimum Gasteiger partial charge on any atom is -0.396 e. The van der Waals surface area contributed by atoms with Crippen LogP contribution in [0.3, 0.4) is 0 Å². The summed E-state index contributed by atoms with van der Waals surface area (Å²) in [5.41, 5.74) is 0. The summed E-state index contributed by atoms with van der Waals surface area (Å²) >= 11 is 0. The molecule has 1 aliphatic rings. The second-order valence-electron chi connectivity index (χ2n) is 5.17. The lowest BCUT2D eigenvalue weighted by atomic mass is 9.79. The van der Waals surface area contributed by atoms with Crippen LogP contribution in [0.1, 0.15) is 32.6 Å². The van der Waals surface area contributed by atoms with Crippen LogP contribution in [0.4, 0.5) is 0 Å². The molecule has 0 aromatic rings. The van der Waals surface area contributed by atoms with Gasteiger partial charge >= 0.3 is 0 Å². The maximum Gasteiger partial charge on any atom is 0.239 e. The Labute approximate surface area is 109 Å². The van der Waals surface area contributed by atoms with Crippen molar-refractivity contribution in [2.24, 2.45) is 11.8 Å². The van der Waals surface area contributed by atoms with Crippen LogP contribution in [-0.2, 0) is 9.59 Å². The first-order chi connectivity index (χ1) is 8.54. The van der Waals surface area contributed by atoms with Gasteiger partial charge in [-0.25, -0.2) is 0 Å². The van der Waals surface area contributed by atoms with E-state index in [4.69, 9.17) is 0 Å². The zero-order valence-corrected chi connectivity index (χ0v) is 11.3. The molecule has 0 aliphatic heterocycles. The SMILES string of the molecule is CC(=O)N(C)CC(=O)NCC1CCCCC1CO. The monoisotopic (exact) mass is 256 g/mol. The summed E-state index contributed by atoms with van der Waals surface area (Å²) in [6, 6.07) is 0. The van der Waals surface area contributed by atoms with Gasteiger partial charge in [0.25, 0.3) is 0 Å². The van der Waals surface area contributed by atoms with Crippen LogP contribution in [0.2, 0.25) is 0 Å². The number of aliphatic hydroxyl groups is 1. The van der Waals surface area contributed by atoms with Gasteiger partial charge in [-0.2, -0.15) is 0 Å². The van der Waals surface area contributed by atoms with E-state index >= 15 is 0 Å². The number of amides is 2. The average molecular weight is 256 g/mol. The van der Waals surface area contributed by atoms with Crippen LogP contribution in [0, 0.1) is 11.8 Å². The van der Waals surface area contributed by atoms with Gasteiger partial charge in [0.2, 0.25) is 11.8 Å². The van der Waals surface area contributed by atoms with Gasteiger partial charge in [0.05, 0.1) is 6.54 Å². The summed E-state index contributed by atoms with van der Waals surface area (Å²) < 4.78 is 0. The standard InChI is InChI=1S/C13H24N2O3/c1-10(17)15(2)8-13(18)14-7-11-5-3-4-6-12(11)9-16/h11-12,16H,3-9H2,1-2H3,(H,14,18). The minimum atomic E-state index is -0.130. The van der Waals surface area contributed by atoms with Crippen molar-refractivity contribution in [2.45, 2.75) is 32.6 Å². The molecule has 1 fully saturated rings. The van der Waals surface area contributed by atoms with E-state index < -0.39 is 0 Å². The molecule has 1 rings (SSSR count). The fraction of sp³-hybridized carbons (Fsp3) is 0.846. The van der Waals surface area contributed by atoms with E-state index in [-0.39, 0.29) is 25.0 Å². The summed E-state index contributed by atoms with van der Waals surface area (Å²) in [6.07, 6.45) is 4.45. The van der Waals surface area contributed by atoms with E-state index in [0.717, 1.165) is 12.8 Å². The molecule has 0 aromatic heterocycles. The summed E-state index contributed by atoms with van der Waals surface area (Å²) in [6.45, 7) is 2.35. The fourth-order valence-corrected chi connectivity index (χ4v) is 2.42. The highest BCUT2D eigenvalue weighted by Crippen LogP contribution is 2.28. The van der Waals surface area contributed by atoms with Crippen molar-refractivity contribution >= 4 is 11.8 Å². The molecule has 0 radical (unpaired) electrons. The highest BCUT2D eigenvalue weighted by Gasteiger charge is 2.24. The highest BCUT2D eigenvalue weighted by atomic mass is 16.3. The maximum absolute atomic E-state index is 11.6. The van der Waals surface area contributed by atoms with Crippen LogP contribution >= 0.6 is 0 Å². The van der Waals surface area contributed by atoms with Gasteiger partial charge < -0.3 is 15.3 Å². The van der Waals surface area contributed by atoms with E-state index in [1.165, 1.54) is 24.7 Å². The van der Waals surface area contributed by atoms with Gasteiger partial charge in [0.15, 0.2) is 0 Å². The van der Waals surface area contributed by atoms with Crippen LogP contribution in [-0.4, -0.2) is 48.6 Å². The Hall–Kier alpha value is -1.10. The number of carbonyl (C=O) groups is 2. The van der Waals surface area contributed by atoms with Crippen LogP contribution in [0.15, 0.2) is 0 Å². The normalized spacial score (nSPS) is 23.5. The number of carbonyl (C=O) groups excluding carboxylic acids is 2. The quantitative estimate of drug-likeness (QED) is 0.747. The molecule has 1 aliphatic carbocycles. The fourth-order valence-electron chi connectivity index (χ4n) is 2.42. The molecule has 5 heteroatoms. The Morgan fingerprint density at radius 3 is 2.44 bits per heavy atom. The predicted octanol–water partition coefficient (Wildman–Crippen LogP) is 0.380. The molecule has 5 nitrogen and oxygen atoms in total. The molecular weight excluding hydrogens is 232 g/mol. The molecule has 2 N–H and O–H groups in total. The third kappa shape index (κ3) is 4.64. The highest BCUT2D eigenvalue weighted by molar-refractivity contribution is 5.83. The molecule has 0 saturated heterocycles. The van der Waals surface area contributed by atoms with Crippen molar-refractivity contribution in [3.8, 4) is 0 Å². The topological polar surface area (TPSA) is 69.6 Å². The summed E-state index contributed by atoms with van der Waals surface area (Å²) in [5.74, 6) is 0.436. The number of hydrogen-bond acceptors (Lipinski definition) is 3. The molecule has 0 heterocycles. The first kappa shape index (κ1) is 15.0. The van der Waals surface area contributed by atoms with Crippen molar-refractivity contribution in [3.05, 3.63) is 0 Å². The first-order valence-electron chi connectivity index (χ1n) is 6.63. The number of hydrogen-bond donors (Lipinski definition) is 2. The number of likely N-dealkylation sites (N-methyl/N-ethyl adjacent to an activating group) is 1. The number of nitrogens with one attached hydrogen (secondary N) is 1. The van der Waals surface area contributed by atoms with Crippen molar-refractivity contribution in [1.82, 2.24) is 10.2 Å². The van der Waals surface area contributed by atoms with E-state index in [2.05, 4.69) is 5.32 Å². The Balaban J connectivity index is 2.30. The molecule has 2 unspecified atom stereocenters. The lowest BCUT2D eigenvalue weighted by molar-refractivity contribution is -0.133. The van der Waals surface area contributed by atoms with Gasteiger partial charge in [-0.3, -0.25) is 9.59 Å². The third-order valence-electron chi connectivity index (χ3n) is 3.78. The van der Waals surface area contributed by atoms with E-state index in [9.17, 15) is 14.7 Å². The van der Waals surface area contributed by atoms with Gasteiger partial charge in [0, 0.05) is 27.1 Å². The molecule has 2 atom stereocenters. The zero-order valence-electron chi connectivity index (χ0n) is 11.3. The molecule has 18 heavy (non-hydrogen) atoms. The lowest BCUT2D eigenvalue weighted by Crippen LogP contribution is -2.41. The predicted molar refractivity (Wildman–Crippen MR) is 68.9 cm³/mol. The first-order valence-corrected chi connectivity index (χ1v) is 6.63. The Morgan fingerprint density at radius 2 is 1.89 bits per heavy atom. The molecule has 0 bridgehead atoms. The third-order valence-corrected chi connectivity index (χ3v) is 3.78. The number of aliphatic hydroxyl groups excluding tert-OH is 1. The lowest BCUT2D eigenvalue weighted by Gasteiger charge is -2.30. The maximum atomic E-state index is 11.6. The Bertz CT molecular complexity index is 294. The molecule has 104 valence electrons. The Morgan fingerprint density at radius 1 is 1.28 bits per heavy atom. The van der Waals surface area contributed by atoms with E-state index in [1.807, 2.05) is 0 Å². The molecule has 1 saturated carbocycles. The van der Waals surface area contributed by atoms with Gasteiger partial charge in [-0.15, -0.1) is 0 Å². The van der Waals surface area contributed by atoms with Gasteiger partial charge in [0.1, 0.15) is 0 Å². The number of nitrogens with zero attached hydrogens (tertiary/aromatic N) is 1. The summed E-state index contributed by atoms with van der Waals surface area (Å²) in [7, 11) is 1.61. The van der Waals surface area contributed by atoms with E-state index in [0.29, 0.717) is 18.4 Å². The molecule has 0 spiro atoms. The summed E-state index contributed by atoms with van der Waals surface area (Å²) in [5, 5.41) is 12.1. The smallest absolute Gasteiger partial charge is 0.239 e. The van der Waals surface area contributed by atoms with Crippen molar-refractivity contribution < 1.29 is 14.7 Å². The molecule has 0 aromatic carbocycles. The number of rotatable bonds is 5. The minimum absolute atomic E-state index is 0.103. The second-order valence-corrected chi connectivity index (χ2v) is 5.17. The zero-order chi connectivity index (χ0) is 13.5. The van der Waals surface area contributed by atoms with Crippen LogP contribution in [0.5, 0.6) is 0 Å². The second kappa shape index (κ2) is 7.36. The largest absolute Gasteiger partial charge is 0.396 e.